The van der Waals surface area contributed by atoms with E-state index in [2.05, 4.69) is 19.2 Å². The number of phenols is 1. The monoisotopic (exact) mass is 207 g/mol. The Morgan fingerprint density at radius 2 is 2.33 bits per heavy atom. The van der Waals surface area contributed by atoms with Crippen molar-refractivity contribution >= 4 is 0 Å². The Kier molecular flexibility index (Phi) is 2.67. The molecule has 0 aromatic heterocycles. The largest absolute Gasteiger partial charge is 0.508 e. The van der Waals surface area contributed by atoms with Crippen LogP contribution in [-0.4, -0.2) is 23.5 Å². The van der Waals surface area contributed by atoms with Gasteiger partial charge in [0.2, 0.25) is 0 Å². The van der Waals surface area contributed by atoms with Gasteiger partial charge in [0, 0.05) is 12.0 Å². The first-order valence-corrected chi connectivity index (χ1v) is 5.22. The van der Waals surface area contributed by atoms with Crippen LogP contribution in [0.25, 0.3) is 0 Å². The van der Waals surface area contributed by atoms with Crippen molar-refractivity contribution in [3.8, 4) is 5.75 Å². The molecule has 1 saturated heterocycles. The van der Waals surface area contributed by atoms with Crippen LogP contribution in [-0.2, 0) is 11.2 Å². The van der Waals surface area contributed by atoms with Gasteiger partial charge in [0.15, 0.2) is 0 Å². The molecule has 1 aromatic rings. The third-order valence-electron chi connectivity index (χ3n) is 2.53. The normalized spacial score (nSPS) is 24.3. The minimum Gasteiger partial charge on any atom is -0.508 e. The molecule has 0 saturated carbocycles. The van der Waals surface area contributed by atoms with Crippen LogP contribution >= 0.6 is 0 Å². The molecular formula is C12H17NO2. The average molecular weight is 207 g/mol. The highest BCUT2D eigenvalue weighted by atomic mass is 16.5. The van der Waals surface area contributed by atoms with E-state index in [9.17, 15) is 5.11 Å². The van der Waals surface area contributed by atoms with Crippen LogP contribution in [0.3, 0.4) is 0 Å². The van der Waals surface area contributed by atoms with Crippen molar-refractivity contribution < 1.29 is 9.84 Å². The number of aromatic hydroxyl groups is 1. The number of nitrogens with one attached hydrogen (secondary N) is 1. The molecule has 0 aliphatic carbocycles. The summed E-state index contributed by atoms with van der Waals surface area (Å²) < 4.78 is 5.62. The summed E-state index contributed by atoms with van der Waals surface area (Å²) in [5.41, 5.74) is 1.15. The van der Waals surface area contributed by atoms with Gasteiger partial charge in [-0.15, -0.1) is 0 Å². The zero-order valence-electron chi connectivity index (χ0n) is 9.16. The van der Waals surface area contributed by atoms with E-state index >= 15 is 0 Å². The molecule has 82 valence electrons. The number of hydrogen-bond donors (Lipinski definition) is 2. The van der Waals surface area contributed by atoms with Gasteiger partial charge in [-0.3, -0.25) is 5.32 Å². The van der Waals surface area contributed by atoms with E-state index in [-0.39, 0.29) is 11.8 Å². The fourth-order valence-electron chi connectivity index (χ4n) is 1.84. The lowest BCUT2D eigenvalue weighted by atomic mass is 10.1. The van der Waals surface area contributed by atoms with Crippen molar-refractivity contribution in [3.63, 3.8) is 0 Å². The Balaban J connectivity index is 1.99. The van der Waals surface area contributed by atoms with Crippen LogP contribution in [0.2, 0.25) is 0 Å². The summed E-state index contributed by atoms with van der Waals surface area (Å²) in [5.74, 6) is 0.310. The molecule has 2 rings (SSSR count). The third kappa shape index (κ3) is 2.70. The highest BCUT2D eigenvalue weighted by Gasteiger charge is 2.30. The number of phenolic OH excluding ortho intramolecular Hbond substituents is 1. The smallest absolute Gasteiger partial charge is 0.115 e. The van der Waals surface area contributed by atoms with Crippen molar-refractivity contribution in [2.75, 3.05) is 6.61 Å². The second-order valence-corrected chi connectivity index (χ2v) is 4.70. The molecular weight excluding hydrogens is 190 g/mol. The lowest BCUT2D eigenvalue weighted by Gasteiger charge is -2.17. The molecule has 1 unspecified atom stereocenters. The van der Waals surface area contributed by atoms with E-state index in [1.807, 2.05) is 12.1 Å². The molecule has 2 N–H and O–H groups in total. The van der Waals surface area contributed by atoms with E-state index in [4.69, 9.17) is 4.74 Å². The maximum Gasteiger partial charge on any atom is 0.115 e. The highest BCUT2D eigenvalue weighted by Crippen LogP contribution is 2.18. The summed E-state index contributed by atoms with van der Waals surface area (Å²) in [5, 5.41) is 12.7. The first-order valence-electron chi connectivity index (χ1n) is 5.22. The van der Waals surface area contributed by atoms with Crippen LogP contribution in [0.1, 0.15) is 19.4 Å². The molecule has 1 aromatic carbocycles. The summed E-state index contributed by atoms with van der Waals surface area (Å²) in [7, 11) is 0. The third-order valence-corrected chi connectivity index (χ3v) is 2.53. The summed E-state index contributed by atoms with van der Waals surface area (Å²) >= 11 is 0. The fraction of sp³-hybridized carbons (Fsp3) is 0.500. The Morgan fingerprint density at radius 3 is 2.93 bits per heavy atom. The van der Waals surface area contributed by atoms with Gasteiger partial charge in [-0.1, -0.05) is 12.1 Å². The van der Waals surface area contributed by atoms with Crippen LogP contribution in [0.5, 0.6) is 5.75 Å². The molecule has 0 radical (unpaired) electrons. The number of hydrogen-bond acceptors (Lipinski definition) is 3. The molecule has 15 heavy (non-hydrogen) atoms. The molecule has 1 aliphatic heterocycles. The van der Waals surface area contributed by atoms with Crippen molar-refractivity contribution in [2.45, 2.75) is 32.0 Å². The molecule has 1 atom stereocenters. The summed E-state index contributed by atoms with van der Waals surface area (Å²) in [6.07, 6.45) is 0.847. The highest BCUT2D eigenvalue weighted by molar-refractivity contribution is 5.27. The van der Waals surface area contributed by atoms with Gasteiger partial charge in [0.05, 0.1) is 6.61 Å². The zero-order chi connectivity index (χ0) is 10.9. The minimum absolute atomic E-state index is 0.0570. The first-order chi connectivity index (χ1) is 7.05. The Hall–Kier alpha value is -1.06. The molecule has 3 heteroatoms. The fourth-order valence-corrected chi connectivity index (χ4v) is 1.84. The predicted octanol–water partition coefficient (Wildman–Crippen LogP) is 1.66. The Bertz CT molecular complexity index is 349. The van der Waals surface area contributed by atoms with E-state index < -0.39 is 0 Å². The van der Waals surface area contributed by atoms with Crippen molar-refractivity contribution in [1.29, 1.82) is 0 Å². The summed E-state index contributed by atoms with van der Waals surface area (Å²) in [4.78, 5) is 0. The van der Waals surface area contributed by atoms with Gasteiger partial charge >= 0.3 is 0 Å². The summed E-state index contributed by atoms with van der Waals surface area (Å²) in [6.45, 7) is 4.97. The van der Waals surface area contributed by atoms with Crippen LogP contribution < -0.4 is 5.32 Å². The van der Waals surface area contributed by atoms with Gasteiger partial charge in [-0.25, -0.2) is 0 Å². The van der Waals surface area contributed by atoms with Crippen molar-refractivity contribution in [3.05, 3.63) is 29.8 Å². The molecule has 1 fully saturated rings. The first kappa shape index (κ1) is 10.5. The molecule has 0 amide bonds. The van der Waals surface area contributed by atoms with Gasteiger partial charge < -0.3 is 9.84 Å². The predicted molar refractivity (Wildman–Crippen MR) is 58.8 cm³/mol. The molecule has 1 aliphatic rings. The van der Waals surface area contributed by atoms with Gasteiger partial charge in [0.1, 0.15) is 12.0 Å². The molecule has 3 nitrogen and oxygen atoms in total. The number of benzene rings is 1. The Morgan fingerprint density at radius 1 is 1.53 bits per heavy atom. The summed E-state index contributed by atoms with van der Waals surface area (Å²) in [6, 6.07) is 7.30. The maximum absolute atomic E-state index is 9.33. The van der Waals surface area contributed by atoms with Crippen molar-refractivity contribution in [1.82, 2.24) is 5.32 Å². The lowest BCUT2D eigenvalue weighted by Crippen LogP contribution is -2.39. The van der Waals surface area contributed by atoms with E-state index in [0.29, 0.717) is 5.75 Å². The molecule has 0 spiro atoms. The lowest BCUT2D eigenvalue weighted by molar-refractivity contribution is 0.0987. The van der Waals surface area contributed by atoms with Crippen LogP contribution in [0, 0.1) is 0 Å². The number of rotatable bonds is 2. The SMILES string of the molecule is CC1(C)COC(Cc2cccc(O)c2)N1. The second-order valence-electron chi connectivity index (χ2n) is 4.70. The second kappa shape index (κ2) is 3.83. The number of ether oxygens (including phenoxy) is 1. The molecule has 0 bridgehead atoms. The van der Waals surface area contributed by atoms with Gasteiger partial charge in [0.25, 0.3) is 0 Å². The minimum atomic E-state index is 0.0570. The topological polar surface area (TPSA) is 41.5 Å². The average Bonchev–Trinajstić information content (AvgIpc) is 2.45. The Labute approximate surface area is 90.1 Å². The van der Waals surface area contributed by atoms with Crippen molar-refractivity contribution in [2.24, 2.45) is 0 Å². The van der Waals surface area contributed by atoms with E-state index in [0.717, 1.165) is 18.6 Å². The standard InChI is InChI=1S/C12H17NO2/c1-12(2)8-15-11(13-12)7-9-4-3-5-10(14)6-9/h3-6,11,13-14H,7-8H2,1-2H3. The van der Waals surface area contributed by atoms with E-state index in [1.165, 1.54) is 0 Å². The quantitative estimate of drug-likeness (QED) is 0.775. The zero-order valence-corrected chi connectivity index (χ0v) is 9.16. The molecule has 1 heterocycles. The van der Waals surface area contributed by atoms with Gasteiger partial charge in [-0.05, 0) is 31.5 Å². The van der Waals surface area contributed by atoms with Crippen LogP contribution in [0.4, 0.5) is 0 Å². The van der Waals surface area contributed by atoms with Crippen LogP contribution in [0.15, 0.2) is 24.3 Å². The van der Waals surface area contributed by atoms with Gasteiger partial charge in [-0.2, -0.15) is 0 Å². The maximum atomic E-state index is 9.33. The van der Waals surface area contributed by atoms with E-state index in [1.54, 1.807) is 12.1 Å².